The average molecular weight is 543 g/mol. The van der Waals surface area contributed by atoms with Gasteiger partial charge in [-0.3, -0.25) is 0 Å². The molecule has 0 spiro atoms. The van der Waals surface area contributed by atoms with Crippen LogP contribution >= 0.6 is 0 Å². The first-order valence-corrected chi connectivity index (χ1v) is 14.5. The highest BCUT2D eigenvalue weighted by atomic mass is 14.0. The van der Waals surface area contributed by atoms with E-state index in [1.54, 1.807) is 0 Å². The molecule has 0 nitrogen and oxygen atoms in total. The lowest BCUT2D eigenvalue weighted by Crippen LogP contribution is -1.88. The Morgan fingerprint density at radius 2 is 0.450 bits per heavy atom. The predicted octanol–water partition coefficient (Wildman–Crippen LogP) is 13.0. The van der Waals surface area contributed by atoms with E-state index in [-0.39, 0.29) is 7.43 Å². The zero-order chi connectivity index (χ0) is 30.6. The van der Waals surface area contributed by atoms with Crippen LogP contribution < -0.4 is 0 Å². The molecular formula is C40H62. The van der Waals surface area contributed by atoms with Crippen LogP contribution in [0.1, 0.15) is 93.5 Å². The van der Waals surface area contributed by atoms with Gasteiger partial charge in [0.15, 0.2) is 0 Å². The van der Waals surface area contributed by atoms with Crippen molar-refractivity contribution in [3.63, 3.8) is 0 Å². The summed E-state index contributed by atoms with van der Waals surface area (Å²) in [5.41, 5.74) is 10.7. The molecular weight excluding hydrogens is 480 g/mol. The fourth-order valence-electron chi connectivity index (χ4n) is 2.92. The van der Waals surface area contributed by atoms with Crippen LogP contribution in [0.15, 0.2) is 110 Å². The van der Waals surface area contributed by atoms with Crippen molar-refractivity contribution in [1.82, 2.24) is 0 Å². The van der Waals surface area contributed by atoms with Crippen LogP contribution in [0.4, 0.5) is 0 Å². The second kappa shape index (κ2) is 30.2. The summed E-state index contributed by atoms with van der Waals surface area (Å²) in [7, 11) is 0. The van der Waals surface area contributed by atoms with Crippen LogP contribution in [0.3, 0.4) is 0 Å². The van der Waals surface area contributed by atoms with Crippen LogP contribution in [0.2, 0.25) is 0 Å². The molecule has 0 heteroatoms. The first kappa shape index (κ1) is 43.7. The molecule has 4 rings (SSSR count). The van der Waals surface area contributed by atoms with Crippen molar-refractivity contribution in [3.8, 4) is 0 Å². The van der Waals surface area contributed by atoms with Gasteiger partial charge in [-0.25, -0.2) is 0 Å². The van der Waals surface area contributed by atoms with Gasteiger partial charge in [-0.15, -0.1) is 13.2 Å². The minimum atomic E-state index is 0. The summed E-state index contributed by atoms with van der Waals surface area (Å²) >= 11 is 0. The van der Waals surface area contributed by atoms with Crippen molar-refractivity contribution in [2.24, 2.45) is 0 Å². The Balaban J connectivity index is -0.000000224. The molecule has 0 aliphatic rings. The van der Waals surface area contributed by atoms with E-state index in [0.29, 0.717) is 0 Å². The summed E-state index contributed by atoms with van der Waals surface area (Å²) in [6.45, 7) is 30.6. The van der Waals surface area contributed by atoms with E-state index in [2.05, 4.69) is 152 Å². The van der Waals surface area contributed by atoms with Gasteiger partial charge in [0.05, 0.1) is 0 Å². The van der Waals surface area contributed by atoms with Gasteiger partial charge in [-0.1, -0.05) is 179 Å². The second-order valence-electron chi connectivity index (χ2n) is 8.46. The molecule has 0 atom stereocenters. The van der Waals surface area contributed by atoms with Crippen LogP contribution in [-0.4, -0.2) is 0 Å². The van der Waals surface area contributed by atoms with Crippen molar-refractivity contribution < 1.29 is 0 Å². The SMILES string of the molecule is C.C=C.CC.CC.CC.Cc1ccc(C)cc1.Cc1ccc(C)cc1.Cc1ccc(Cc2ccc(C)cc2)cc1. The molecule has 0 amide bonds. The van der Waals surface area contributed by atoms with Gasteiger partial charge in [0.1, 0.15) is 0 Å². The summed E-state index contributed by atoms with van der Waals surface area (Å²) in [5, 5.41) is 0. The fraction of sp³-hybridized carbons (Fsp3) is 0.350. The highest BCUT2D eigenvalue weighted by Gasteiger charge is 1.95. The Hall–Kier alpha value is -3.38. The highest BCUT2D eigenvalue weighted by molar-refractivity contribution is 5.29. The molecule has 0 fully saturated rings. The van der Waals surface area contributed by atoms with E-state index < -0.39 is 0 Å². The summed E-state index contributed by atoms with van der Waals surface area (Å²) in [6, 6.07) is 34.5. The van der Waals surface area contributed by atoms with Gasteiger partial charge >= 0.3 is 0 Å². The molecule has 0 bridgehead atoms. The van der Waals surface area contributed by atoms with Crippen LogP contribution in [-0.2, 0) is 6.42 Å². The summed E-state index contributed by atoms with van der Waals surface area (Å²) in [5.74, 6) is 0. The van der Waals surface area contributed by atoms with E-state index >= 15 is 0 Å². The maximum absolute atomic E-state index is 3.00. The number of hydrogen-bond donors (Lipinski definition) is 0. The summed E-state index contributed by atoms with van der Waals surface area (Å²) < 4.78 is 0. The highest BCUT2D eigenvalue weighted by Crippen LogP contribution is 2.11. The zero-order valence-electron chi connectivity index (χ0n) is 27.4. The number of rotatable bonds is 2. The average Bonchev–Trinajstić information content (AvgIpc) is 2.99. The van der Waals surface area contributed by atoms with Crippen molar-refractivity contribution in [2.75, 3.05) is 0 Å². The molecule has 0 aromatic heterocycles. The van der Waals surface area contributed by atoms with Gasteiger partial charge in [0.25, 0.3) is 0 Å². The van der Waals surface area contributed by atoms with E-state index in [9.17, 15) is 0 Å². The summed E-state index contributed by atoms with van der Waals surface area (Å²) in [4.78, 5) is 0. The molecule has 0 unspecified atom stereocenters. The van der Waals surface area contributed by atoms with E-state index in [1.807, 2.05) is 41.5 Å². The molecule has 0 radical (unpaired) electrons. The minimum Gasteiger partial charge on any atom is -0.106 e. The molecule has 40 heavy (non-hydrogen) atoms. The third-order valence-corrected chi connectivity index (χ3v) is 5.09. The molecule has 0 saturated carbocycles. The van der Waals surface area contributed by atoms with E-state index in [1.165, 1.54) is 44.5 Å². The predicted molar refractivity (Wildman–Crippen MR) is 189 cm³/mol. The maximum Gasteiger partial charge on any atom is -0.00258 e. The normalized spacial score (nSPS) is 8.10. The smallest absolute Gasteiger partial charge is 0.00258 e. The zero-order valence-corrected chi connectivity index (χ0v) is 27.4. The third kappa shape index (κ3) is 23.7. The number of aryl methyl sites for hydroxylation is 6. The lowest BCUT2D eigenvalue weighted by Gasteiger charge is -2.03. The molecule has 0 aliphatic carbocycles. The Morgan fingerprint density at radius 3 is 0.600 bits per heavy atom. The Bertz CT molecular complexity index is 890. The lowest BCUT2D eigenvalue weighted by atomic mass is 10.0. The first-order valence-electron chi connectivity index (χ1n) is 14.5. The molecule has 222 valence electrons. The molecule has 0 aliphatic heterocycles. The molecule has 0 saturated heterocycles. The largest absolute Gasteiger partial charge is 0.106 e. The monoisotopic (exact) mass is 542 g/mol. The maximum atomic E-state index is 3.00. The summed E-state index contributed by atoms with van der Waals surface area (Å²) in [6.07, 6.45) is 1.03. The van der Waals surface area contributed by atoms with Crippen LogP contribution in [0, 0.1) is 41.5 Å². The van der Waals surface area contributed by atoms with Gasteiger partial charge in [-0.05, 0) is 59.1 Å². The van der Waals surface area contributed by atoms with Gasteiger partial charge in [0.2, 0.25) is 0 Å². The minimum absolute atomic E-state index is 0. The number of hydrogen-bond acceptors (Lipinski definition) is 0. The topological polar surface area (TPSA) is 0 Å². The second-order valence-corrected chi connectivity index (χ2v) is 8.46. The van der Waals surface area contributed by atoms with Gasteiger partial charge in [0, 0.05) is 0 Å². The van der Waals surface area contributed by atoms with Crippen LogP contribution in [0.5, 0.6) is 0 Å². The number of benzene rings is 4. The van der Waals surface area contributed by atoms with E-state index in [4.69, 9.17) is 0 Å². The van der Waals surface area contributed by atoms with Crippen LogP contribution in [0.25, 0.3) is 0 Å². The Morgan fingerprint density at radius 1 is 0.325 bits per heavy atom. The van der Waals surface area contributed by atoms with Crippen molar-refractivity contribution in [1.29, 1.82) is 0 Å². The first-order chi connectivity index (χ1) is 18.8. The van der Waals surface area contributed by atoms with E-state index in [0.717, 1.165) is 6.42 Å². The van der Waals surface area contributed by atoms with Crippen molar-refractivity contribution in [3.05, 3.63) is 155 Å². The molecule has 4 aromatic carbocycles. The van der Waals surface area contributed by atoms with Gasteiger partial charge < -0.3 is 0 Å². The fourth-order valence-corrected chi connectivity index (χ4v) is 2.92. The molecule has 0 heterocycles. The lowest BCUT2D eigenvalue weighted by molar-refractivity contribution is 1.18. The molecule has 4 aromatic rings. The third-order valence-electron chi connectivity index (χ3n) is 5.09. The van der Waals surface area contributed by atoms with Crippen molar-refractivity contribution in [2.45, 2.75) is 96.9 Å². The van der Waals surface area contributed by atoms with Gasteiger partial charge in [-0.2, -0.15) is 0 Å². The quantitative estimate of drug-likeness (QED) is 0.221. The van der Waals surface area contributed by atoms with Crippen molar-refractivity contribution >= 4 is 0 Å². The standard InChI is InChI=1S/C15H16.2C8H10.3C2H6.C2H4.CH4/c1-12-3-7-14(8-4-12)11-15-9-5-13(2)6-10-15;2*1-7-3-5-8(2)6-4-7;4*1-2;/h3-10H,11H2,1-2H3;2*3-6H,1-2H3;3*1-2H3;1-2H2;1H4. The Kier molecular flexibility index (Phi) is 32.9. The molecule has 0 N–H and O–H groups in total. The Labute approximate surface area is 251 Å².